The summed E-state index contributed by atoms with van der Waals surface area (Å²) in [6.07, 6.45) is 3.27. The Kier molecular flexibility index (Phi) is 4.70. The molecule has 1 radical (unpaired) electrons. The molecule has 2 aromatic rings. The van der Waals surface area contributed by atoms with Gasteiger partial charge < -0.3 is 5.11 Å². The summed E-state index contributed by atoms with van der Waals surface area (Å²) < 4.78 is 0. The van der Waals surface area contributed by atoms with Crippen LogP contribution in [0.3, 0.4) is 0 Å². The Labute approximate surface area is 104 Å². The molecule has 2 rings (SSSR count). The molecular weight excluding hydrogens is 252 g/mol. The van der Waals surface area contributed by atoms with Gasteiger partial charge in [-0.25, -0.2) is 9.98 Å². The van der Waals surface area contributed by atoms with Gasteiger partial charge >= 0.3 is 0 Å². The molecule has 85 valence electrons. The number of nitrogens with zero attached hydrogens (tertiary/aromatic N) is 2. The van der Waals surface area contributed by atoms with Crippen molar-refractivity contribution in [3.05, 3.63) is 54.2 Å². The number of hydrogen-bond acceptors (Lipinski definition) is 3. The largest absolute Gasteiger partial charge is 0.507 e. The standard InChI is InChI=1S/C12H10N2O.Cu/c15-11-6-2-1-5-10(11)9-14-12-7-3-4-8-13-12;/h1-9,15H;. The van der Waals surface area contributed by atoms with E-state index in [9.17, 15) is 5.11 Å². The SMILES string of the molecule is Oc1ccccc1C=Nc1ccccn1.[Cu]. The van der Waals surface area contributed by atoms with Crippen LogP contribution in [-0.4, -0.2) is 16.3 Å². The van der Waals surface area contributed by atoms with E-state index in [2.05, 4.69) is 9.98 Å². The first-order valence-electron chi connectivity index (χ1n) is 4.59. The maximum Gasteiger partial charge on any atom is 0.151 e. The van der Waals surface area contributed by atoms with Crippen LogP contribution in [0.1, 0.15) is 5.56 Å². The fraction of sp³-hybridized carbons (Fsp3) is 0. The first-order valence-corrected chi connectivity index (χ1v) is 4.59. The summed E-state index contributed by atoms with van der Waals surface area (Å²) in [6.45, 7) is 0. The van der Waals surface area contributed by atoms with Crippen molar-refractivity contribution < 1.29 is 22.2 Å². The normalized spacial score (nSPS) is 10.0. The van der Waals surface area contributed by atoms with Crippen molar-refractivity contribution in [3.63, 3.8) is 0 Å². The average Bonchev–Trinajstić information content (AvgIpc) is 2.29. The predicted molar refractivity (Wildman–Crippen MR) is 59.6 cm³/mol. The van der Waals surface area contributed by atoms with E-state index in [1.807, 2.05) is 18.2 Å². The molecule has 0 amide bonds. The number of aromatic nitrogens is 1. The fourth-order valence-corrected chi connectivity index (χ4v) is 1.16. The van der Waals surface area contributed by atoms with E-state index in [-0.39, 0.29) is 22.8 Å². The van der Waals surface area contributed by atoms with E-state index in [0.29, 0.717) is 11.4 Å². The van der Waals surface area contributed by atoms with Crippen molar-refractivity contribution >= 4 is 12.0 Å². The van der Waals surface area contributed by atoms with Gasteiger partial charge in [0, 0.05) is 35.0 Å². The number of pyridine rings is 1. The van der Waals surface area contributed by atoms with Crippen molar-refractivity contribution in [3.8, 4) is 5.75 Å². The predicted octanol–water partition coefficient (Wildman–Crippen LogP) is 2.54. The molecule has 4 heteroatoms. The second-order valence-corrected chi connectivity index (χ2v) is 3.00. The van der Waals surface area contributed by atoms with Crippen LogP contribution in [0, 0.1) is 0 Å². The van der Waals surface area contributed by atoms with E-state index in [4.69, 9.17) is 0 Å². The van der Waals surface area contributed by atoms with Gasteiger partial charge in [-0.15, -0.1) is 0 Å². The summed E-state index contributed by atoms with van der Waals surface area (Å²) in [4.78, 5) is 8.19. The molecule has 1 aromatic carbocycles. The Morgan fingerprint density at radius 2 is 1.81 bits per heavy atom. The smallest absolute Gasteiger partial charge is 0.151 e. The third-order valence-electron chi connectivity index (χ3n) is 1.92. The van der Waals surface area contributed by atoms with E-state index >= 15 is 0 Å². The molecule has 3 nitrogen and oxygen atoms in total. The minimum Gasteiger partial charge on any atom is -0.507 e. The van der Waals surface area contributed by atoms with Gasteiger partial charge in [0.05, 0.1) is 0 Å². The molecule has 0 aliphatic heterocycles. The Balaban J connectivity index is 0.00000128. The Hall–Kier alpha value is -1.64. The minimum absolute atomic E-state index is 0. The van der Waals surface area contributed by atoms with Crippen molar-refractivity contribution in [1.82, 2.24) is 4.98 Å². The van der Waals surface area contributed by atoms with E-state index < -0.39 is 0 Å². The van der Waals surface area contributed by atoms with Crippen LogP contribution in [0.2, 0.25) is 0 Å². The monoisotopic (exact) mass is 261 g/mol. The zero-order valence-electron chi connectivity index (χ0n) is 8.34. The number of para-hydroxylation sites is 1. The molecule has 0 saturated carbocycles. The van der Waals surface area contributed by atoms with Gasteiger partial charge in [0.15, 0.2) is 5.82 Å². The molecule has 0 aliphatic carbocycles. The van der Waals surface area contributed by atoms with Gasteiger partial charge in [-0.1, -0.05) is 18.2 Å². The van der Waals surface area contributed by atoms with Gasteiger partial charge in [0.1, 0.15) is 5.75 Å². The van der Waals surface area contributed by atoms with Gasteiger partial charge in [-0.3, -0.25) is 0 Å². The number of hydrogen-bond donors (Lipinski definition) is 1. The third-order valence-corrected chi connectivity index (χ3v) is 1.92. The van der Waals surface area contributed by atoms with Crippen molar-refractivity contribution in [2.75, 3.05) is 0 Å². The Morgan fingerprint density at radius 3 is 2.50 bits per heavy atom. The maximum atomic E-state index is 9.48. The van der Waals surface area contributed by atoms with Gasteiger partial charge in [-0.2, -0.15) is 0 Å². The van der Waals surface area contributed by atoms with E-state index in [1.165, 1.54) is 0 Å². The number of aliphatic imine (C=N–C) groups is 1. The molecule has 0 spiro atoms. The molecule has 0 aliphatic rings. The number of phenolic OH excluding ortho intramolecular Hbond substituents is 1. The Morgan fingerprint density at radius 1 is 1.06 bits per heavy atom. The van der Waals surface area contributed by atoms with Crippen LogP contribution >= 0.6 is 0 Å². The van der Waals surface area contributed by atoms with Crippen molar-refractivity contribution in [2.24, 2.45) is 4.99 Å². The number of phenols is 1. The minimum atomic E-state index is 0. The topological polar surface area (TPSA) is 45.5 Å². The summed E-state index contributed by atoms with van der Waals surface area (Å²) in [6, 6.07) is 12.5. The van der Waals surface area contributed by atoms with Crippen LogP contribution < -0.4 is 0 Å². The Bertz CT molecular complexity index is 471. The first-order chi connectivity index (χ1) is 7.36. The number of rotatable bonds is 2. The number of aromatic hydroxyl groups is 1. The summed E-state index contributed by atoms with van der Waals surface area (Å²) in [5.41, 5.74) is 0.683. The van der Waals surface area contributed by atoms with Crippen molar-refractivity contribution in [2.45, 2.75) is 0 Å². The van der Waals surface area contributed by atoms with Gasteiger partial charge in [0.2, 0.25) is 0 Å². The average molecular weight is 262 g/mol. The van der Waals surface area contributed by atoms with Crippen LogP contribution in [0.5, 0.6) is 5.75 Å². The van der Waals surface area contributed by atoms with Crippen LogP contribution in [0.15, 0.2) is 53.7 Å². The summed E-state index contributed by atoms with van der Waals surface area (Å²) >= 11 is 0. The zero-order valence-corrected chi connectivity index (χ0v) is 9.28. The molecule has 16 heavy (non-hydrogen) atoms. The van der Waals surface area contributed by atoms with Crippen LogP contribution in [0.4, 0.5) is 5.82 Å². The maximum absolute atomic E-state index is 9.48. The summed E-state index contributed by atoms with van der Waals surface area (Å²) in [7, 11) is 0. The number of benzene rings is 1. The second-order valence-electron chi connectivity index (χ2n) is 3.00. The van der Waals surface area contributed by atoms with E-state index in [0.717, 1.165) is 0 Å². The van der Waals surface area contributed by atoms with Crippen LogP contribution in [0.25, 0.3) is 0 Å². The first kappa shape index (κ1) is 12.4. The van der Waals surface area contributed by atoms with Crippen molar-refractivity contribution in [1.29, 1.82) is 0 Å². The fourth-order valence-electron chi connectivity index (χ4n) is 1.16. The molecule has 1 aromatic heterocycles. The molecule has 0 unspecified atom stereocenters. The third kappa shape index (κ3) is 3.19. The molecule has 0 bridgehead atoms. The molecule has 0 saturated heterocycles. The summed E-state index contributed by atoms with van der Waals surface area (Å²) in [5.74, 6) is 0.845. The van der Waals surface area contributed by atoms with Crippen LogP contribution in [-0.2, 0) is 17.1 Å². The quantitative estimate of drug-likeness (QED) is 0.667. The van der Waals surface area contributed by atoms with Gasteiger partial charge in [0.25, 0.3) is 0 Å². The molecule has 0 atom stereocenters. The molecular formula is C12H10CuN2O. The van der Waals surface area contributed by atoms with Gasteiger partial charge in [-0.05, 0) is 24.3 Å². The summed E-state index contributed by atoms with van der Waals surface area (Å²) in [5, 5.41) is 9.48. The zero-order chi connectivity index (χ0) is 10.5. The second kappa shape index (κ2) is 6.05. The molecule has 1 N–H and O–H groups in total. The molecule has 0 fully saturated rings. The molecule has 1 heterocycles. The van der Waals surface area contributed by atoms with E-state index in [1.54, 1.807) is 36.7 Å².